The van der Waals surface area contributed by atoms with Gasteiger partial charge in [0.25, 0.3) is 0 Å². The Labute approximate surface area is 76.1 Å². The van der Waals surface area contributed by atoms with Gasteiger partial charge in [-0.05, 0) is 12.8 Å². The first-order chi connectivity index (χ1) is 5.77. The number of unbranched alkanes of at least 4 members (excludes halogenated alkanes) is 1. The molecule has 1 aliphatic heterocycles. The van der Waals surface area contributed by atoms with Crippen LogP contribution in [-0.4, -0.2) is 44.9 Å². The summed E-state index contributed by atoms with van der Waals surface area (Å²) >= 11 is 0. The standard InChI is InChI=1S/C10H22NO/c1-11(7-3-4-8-11)9-5-6-10-12-2/h3-10H2,1-2H3/q+1. The summed E-state index contributed by atoms with van der Waals surface area (Å²) < 4.78 is 6.34. The minimum Gasteiger partial charge on any atom is -0.385 e. The molecule has 0 saturated carbocycles. The van der Waals surface area contributed by atoms with Crippen LogP contribution < -0.4 is 0 Å². The Morgan fingerprint density at radius 2 is 1.83 bits per heavy atom. The molecule has 0 aromatic rings. The molecule has 0 atom stereocenters. The first-order valence-electron chi connectivity index (χ1n) is 5.09. The molecule has 1 heterocycles. The fourth-order valence-electron chi connectivity index (χ4n) is 2.06. The summed E-state index contributed by atoms with van der Waals surface area (Å²) in [4.78, 5) is 0. The van der Waals surface area contributed by atoms with Gasteiger partial charge in [-0.1, -0.05) is 0 Å². The van der Waals surface area contributed by atoms with E-state index in [1.54, 1.807) is 7.11 Å². The fourth-order valence-corrected chi connectivity index (χ4v) is 2.06. The molecule has 12 heavy (non-hydrogen) atoms. The lowest BCUT2D eigenvalue weighted by Crippen LogP contribution is -2.41. The number of ether oxygens (including phenoxy) is 1. The smallest absolute Gasteiger partial charge is 0.0786 e. The van der Waals surface area contributed by atoms with Gasteiger partial charge < -0.3 is 9.22 Å². The zero-order valence-corrected chi connectivity index (χ0v) is 8.51. The average molecular weight is 172 g/mol. The molecule has 0 N–H and O–H groups in total. The number of quaternary nitrogens is 1. The maximum Gasteiger partial charge on any atom is 0.0786 e. The normalized spacial score (nSPS) is 21.5. The number of likely N-dealkylation sites (tertiary alicyclic amines) is 1. The molecule has 1 rings (SSSR count). The molecule has 0 radical (unpaired) electrons. The van der Waals surface area contributed by atoms with Gasteiger partial charge >= 0.3 is 0 Å². The van der Waals surface area contributed by atoms with Crippen LogP contribution in [0.15, 0.2) is 0 Å². The molecule has 0 aliphatic carbocycles. The highest BCUT2D eigenvalue weighted by Gasteiger charge is 2.25. The van der Waals surface area contributed by atoms with Gasteiger partial charge in [0.1, 0.15) is 0 Å². The van der Waals surface area contributed by atoms with E-state index >= 15 is 0 Å². The highest BCUT2D eigenvalue weighted by molar-refractivity contribution is 4.52. The number of rotatable bonds is 5. The lowest BCUT2D eigenvalue weighted by atomic mass is 10.3. The van der Waals surface area contributed by atoms with Crippen molar-refractivity contribution < 1.29 is 9.22 Å². The third kappa shape index (κ3) is 3.11. The van der Waals surface area contributed by atoms with Crippen molar-refractivity contribution in [3.05, 3.63) is 0 Å². The van der Waals surface area contributed by atoms with Crippen molar-refractivity contribution in [3.8, 4) is 0 Å². The quantitative estimate of drug-likeness (QED) is 0.452. The topological polar surface area (TPSA) is 9.23 Å². The van der Waals surface area contributed by atoms with Gasteiger partial charge in [-0.15, -0.1) is 0 Å². The van der Waals surface area contributed by atoms with Gasteiger partial charge in [-0.3, -0.25) is 0 Å². The van der Waals surface area contributed by atoms with Crippen LogP contribution in [0.1, 0.15) is 25.7 Å². The lowest BCUT2D eigenvalue weighted by Gasteiger charge is -2.28. The van der Waals surface area contributed by atoms with Crippen molar-refractivity contribution in [3.63, 3.8) is 0 Å². The van der Waals surface area contributed by atoms with Crippen molar-refractivity contribution >= 4 is 0 Å². The molecule has 0 bridgehead atoms. The Morgan fingerprint density at radius 1 is 1.17 bits per heavy atom. The summed E-state index contributed by atoms with van der Waals surface area (Å²) in [5.74, 6) is 0. The van der Waals surface area contributed by atoms with Crippen molar-refractivity contribution in [2.24, 2.45) is 0 Å². The number of nitrogens with zero attached hydrogens (tertiary/aromatic N) is 1. The first-order valence-corrected chi connectivity index (χ1v) is 5.09. The Kier molecular flexibility index (Phi) is 4.02. The second-order valence-electron chi connectivity index (χ2n) is 4.20. The van der Waals surface area contributed by atoms with Gasteiger partial charge in [-0.2, -0.15) is 0 Å². The van der Waals surface area contributed by atoms with Gasteiger partial charge in [0, 0.05) is 26.6 Å². The monoisotopic (exact) mass is 172 g/mol. The van der Waals surface area contributed by atoms with E-state index < -0.39 is 0 Å². The number of methoxy groups -OCH3 is 1. The van der Waals surface area contributed by atoms with E-state index in [1.807, 2.05) is 0 Å². The van der Waals surface area contributed by atoms with Crippen molar-refractivity contribution in [2.45, 2.75) is 25.7 Å². The van der Waals surface area contributed by atoms with Crippen LogP contribution in [0.3, 0.4) is 0 Å². The highest BCUT2D eigenvalue weighted by Crippen LogP contribution is 2.16. The van der Waals surface area contributed by atoms with Crippen LogP contribution in [0.5, 0.6) is 0 Å². The minimum absolute atomic E-state index is 0.931. The predicted molar refractivity (Wildman–Crippen MR) is 51.1 cm³/mol. The van der Waals surface area contributed by atoms with Crippen LogP contribution in [0.4, 0.5) is 0 Å². The summed E-state index contributed by atoms with van der Waals surface area (Å²) in [5.41, 5.74) is 0. The number of hydrogen-bond donors (Lipinski definition) is 0. The zero-order chi connectivity index (χ0) is 8.86. The van der Waals surface area contributed by atoms with Gasteiger partial charge in [0.05, 0.1) is 26.7 Å². The van der Waals surface area contributed by atoms with Gasteiger partial charge in [0.15, 0.2) is 0 Å². The first kappa shape index (κ1) is 10.0. The molecule has 0 amide bonds. The molecule has 2 nitrogen and oxygen atoms in total. The molecule has 2 heteroatoms. The summed E-state index contributed by atoms with van der Waals surface area (Å²) in [7, 11) is 4.17. The average Bonchev–Trinajstić information content (AvgIpc) is 2.47. The molecule has 1 fully saturated rings. The predicted octanol–water partition coefficient (Wildman–Crippen LogP) is 1.65. The second kappa shape index (κ2) is 4.83. The van der Waals surface area contributed by atoms with Crippen LogP contribution in [0, 0.1) is 0 Å². The second-order valence-corrected chi connectivity index (χ2v) is 4.20. The van der Waals surface area contributed by atoms with Gasteiger partial charge in [-0.25, -0.2) is 0 Å². The molecule has 1 aliphatic rings. The Balaban J connectivity index is 2.05. The van der Waals surface area contributed by atoms with E-state index in [9.17, 15) is 0 Å². The van der Waals surface area contributed by atoms with Crippen LogP contribution in [0.25, 0.3) is 0 Å². The Bertz CT molecular complexity index is 119. The van der Waals surface area contributed by atoms with E-state index in [2.05, 4.69) is 7.05 Å². The summed E-state index contributed by atoms with van der Waals surface area (Å²) in [6, 6.07) is 0. The minimum atomic E-state index is 0.931. The molecule has 1 saturated heterocycles. The molecule has 0 unspecified atom stereocenters. The SMILES string of the molecule is COCCCC[N+]1(C)CCCC1. The third-order valence-corrected chi connectivity index (χ3v) is 2.94. The molecule has 0 aromatic carbocycles. The van der Waals surface area contributed by atoms with E-state index in [1.165, 1.54) is 49.8 Å². The molecule has 72 valence electrons. The van der Waals surface area contributed by atoms with Crippen LogP contribution in [-0.2, 0) is 4.74 Å². The third-order valence-electron chi connectivity index (χ3n) is 2.94. The van der Waals surface area contributed by atoms with E-state index in [-0.39, 0.29) is 0 Å². The molecule has 0 aromatic heterocycles. The maximum absolute atomic E-state index is 5.03. The Morgan fingerprint density at radius 3 is 2.42 bits per heavy atom. The molecule has 0 spiro atoms. The van der Waals surface area contributed by atoms with Crippen molar-refractivity contribution in [1.29, 1.82) is 0 Å². The maximum atomic E-state index is 5.03. The van der Waals surface area contributed by atoms with Crippen molar-refractivity contribution in [1.82, 2.24) is 0 Å². The largest absolute Gasteiger partial charge is 0.385 e. The van der Waals surface area contributed by atoms with E-state index in [4.69, 9.17) is 4.74 Å². The zero-order valence-electron chi connectivity index (χ0n) is 8.51. The van der Waals surface area contributed by atoms with E-state index in [0.29, 0.717) is 0 Å². The Hall–Kier alpha value is -0.0800. The summed E-state index contributed by atoms with van der Waals surface area (Å²) in [6.45, 7) is 5.07. The van der Waals surface area contributed by atoms with Gasteiger partial charge in [0.2, 0.25) is 0 Å². The fraction of sp³-hybridized carbons (Fsp3) is 1.00. The highest BCUT2D eigenvalue weighted by atomic mass is 16.5. The summed E-state index contributed by atoms with van der Waals surface area (Å²) in [5, 5.41) is 0. The van der Waals surface area contributed by atoms with E-state index in [0.717, 1.165) is 6.61 Å². The van der Waals surface area contributed by atoms with Crippen LogP contribution >= 0.6 is 0 Å². The van der Waals surface area contributed by atoms with Crippen molar-refractivity contribution in [2.75, 3.05) is 40.4 Å². The molecular formula is C10H22NO+. The molecular weight excluding hydrogens is 150 g/mol. The lowest BCUT2D eigenvalue weighted by molar-refractivity contribution is -0.897. The van der Waals surface area contributed by atoms with Crippen LogP contribution in [0.2, 0.25) is 0 Å². The summed E-state index contributed by atoms with van der Waals surface area (Å²) in [6.07, 6.45) is 5.41. The number of hydrogen-bond acceptors (Lipinski definition) is 1.